The van der Waals surface area contributed by atoms with Crippen LogP contribution in [-0.2, 0) is 30.2 Å². The zero-order valence-corrected chi connectivity index (χ0v) is 22.7. The minimum absolute atomic E-state index is 0.107. The van der Waals surface area contributed by atoms with Gasteiger partial charge in [0, 0.05) is 0 Å². The highest BCUT2D eigenvalue weighted by atomic mass is 16.7. The van der Waals surface area contributed by atoms with Gasteiger partial charge in [-0.1, -0.05) is 61.5 Å². The quantitative estimate of drug-likeness (QED) is 0.448. The second-order valence-corrected chi connectivity index (χ2v) is 12.7. The first-order valence-corrected chi connectivity index (χ1v) is 13.6. The van der Waals surface area contributed by atoms with Gasteiger partial charge in [-0.15, -0.1) is 0 Å². The number of alkyl carbamates (subject to hydrolysis) is 1. The highest BCUT2D eigenvalue weighted by molar-refractivity contribution is 6.62. The first-order valence-electron chi connectivity index (χ1n) is 13.6. The molecule has 3 saturated carbocycles. The third-order valence-corrected chi connectivity index (χ3v) is 9.33. The molecule has 2 aromatic rings. The van der Waals surface area contributed by atoms with E-state index in [1.165, 1.54) is 6.42 Å². The molecule has 7 nitrogen and oxygen atoms in total. The maximum Gasteiger partial charge on any atom is 0.494 e. The first-order chi connectivity index (χ1) is 18.0. The van der Waals surface area contributed by atoms with Gasteiger partial charge in [0.25, 0.3) is 0 Å². The summed E-state index contributed by atoms with van der Waals surface area (Å²) in [6, 6.07) is 15.8. The predicted molar refractivity (Wildman–Crippen MR) is 142 cm³/mol. The number of nitrogens with one attached hydrogen (secondary N) is 1. The van der Waals surface area contributed by atoms with Crippen LogP contribution in [0.25, 0.3) is 0 Å². The van der Waals surface area contributed by atoms with Crippen molar-refractivity contribution in [3.05, 3.63) is 65.7 Å². The number of hydrogen-bond donors (Lipinski definition) is 1. The highest BCUT2D eigenvalue weighted by Crippen LogP contribution is 2.82. The van der Waals surface area contributed by atoms with Crippen molar-refractivity contribution in [1.82, 2.24) is 5.32 Å². The third-order valence-electron chi connectivity index (χ3n) is 9.33. The lowest BCUT2D eigenvalue weighted by Gasteiger charge is -2.49. The maximum absolute atomic E-state index is 13.1. The van der Waals surface area contributed by atoms with Gasteiger partial charge in [0.1, 0.15) is 12.2 Å². The van der Waals surface area contributed by atoms with Crippen LogP contribution in [0.15, 0.2) is 54.6 Å². The van der Waals surface area contributed by atoms with Crippen LogP contribution in [0, 0.1) is 23.2 Å². The van der Waals surface area contributed by atoms with Crippen molar-refractivity contribution in [2.75, 3.05) is 0 Å². The Balaban J connectivity index is 1.17. The Morgan fingerprint density at radius 3 is 2.42 bits per heavy atom. The van der Waals surface area contributed by atoms with Crippen LogP contribution < -0.4 is 10.8 Å². The largest absolute Gasteiger partial charge is 0.494 e. The Morgan fingerprint density at radius 1 is 1.05 bits per heavy atom. The van der Waals surface area contributed by atoms with E-state index in [4.69, 9.17) is 18.8 Å². The molecule has 0 radical (unpaired) electrons. The van der Waals surface area contributed by atoms with Gasteiger partial charge in [0.05, 0.1) is 11.7 Å². The van der Waals surface area contributed by atoms with Crippen molar-refractivity contribution in [2.24, 2.45) is 23.2 Å². The smallest absolute Gasteiger partial charge is 0.459 e. The second kappa shape index (κ2) is 8.85. The van der Waals surface area contributed by atoms with E-state index in [0.29, 0.717) is 16.9 Å². The molecule has 1 aliphatic heterocycles. The van der Waals surface area contributed by atoms with Crippen LogP contribution in [0.1, 0.15) is 64.6 Å². The first kappa shape index (κ1) is 25.4. The SMILES string of the molecule is CC(C)(C)OC(=O)NC(C(=O)OCc1ccccc1)c1ccc(B2OC3C[C@@H]4C5C[C@@H](C54C)[C@]3(C)O2)cc1. The molecule has 6 rings (SSSR count). The molecule has 7 atom stereocenters. The third kappa shape index (κ3) is 4.22. The van der Waals surface area contributed by atoms with E-state index in [9.17, 15) is 9.59 Å². The summed E-state index contributed by atoms with van der Waals surface area (Å²) in [4.78, 5) is 25.7. The molecule has 4 unspecified atom stereocenters. The molecule has 0 bridgehead atoms. The van der Waals surface area contributed by atoms with Gasteiger partial charge < -0.3 is 24.1 Å². The number of carbonyl (C=O) groups is 2. The van der Waals surface area contributed by atoms with Crippen LogP contribution in [0.4, 0.5) is 4.79 Å². The normalized spacial score (nSPS) is 33.3. The maximum atomic E-state index is 13.1. The van der Waals surface area contributed by atoms with Gasteiger partial charge in [-0.05, 0) is 80.3 Å². The molecular formula is C30H36BNO6. The number of rotatable bonds is 6. The lowest BCUT2D eigenvalue weighted by atomic mass is 9.61. The van der Waals surface area contributed by atoms with Crippen LogP contribution in [-0.4, -0.2) is 36.5 Å². The average molecular weight is 517 g/mol. The predicted octanol–water partition coefficient (Wildman–Crippen LogP) is 4.54. The van der Waals surface area contributed by atoms with Gasteiger partial charge in [0.15, 0.2) is 6.04 Å². The fraction of sp³-hybridized carbons (Fsp3) is 0.533. The zero-order chi connectivity index (χ0) is 26.9. The Hall–Kier alpha value is -2.84. The van der Waals surface area contributed by atoms with E-state index in [1.54, 1.807) is 20.8 Å². The van der Waals surface area contributed by atoms with E-state index in [0.717, 1.165) is 29.3 Å². The molecule has 1 saturated heterocycles. The average Bonchev–Trinajstić information content (AvgIpc) is 3.17. The van der Waals surface area contributed by atoms with Crippen LogP contribution >= 0.6 is 0 Å². The van der Waals surface area contributed by atoms with Crippen molar-refractivity contribution in [3.8, 4) is 0 Å². The standard InChI is InChI=1S/C30H36BNO6/c1-28(2,3)36-27(34)32-25(26(33)35-17-18-9-7-6-8-10-18)19-11-13-20(14-12-19)31-37-24-16-22-21-15-23(29(21,22)4)30(24,5)38-31/h6-14,21-25H,15-17H2,1-5H3,(H,32,34)/t21?,22-,23+,24?,25?,29?,30+/m1/s1. The summed E-state index contributed by atoms with van der Waals surface area (Å²) < 4.78 is 24.0. The van der Waals surface area contributed by atoms with Crippen molar-refractivity contribution >= 4 is 24.6 Å². The molecule has 1 amide bonds. The molecule has 4 fully saturated rings. The van der Waals surface area contributed by atoms with Crippen molar-refractivity contribution in [3.63, 3.8) is 0 Å². The van der Waals surface area contributed by atoms with Crippen LogP contribution in [0.2, 0.25) is 0 Å². The summed E-state index contributed by atoms with van der Waals surface area (Å²) in [6.07, 6.45) is 1.73. The van der Waals surface area contributed by atoms with Gasteiger partial charge >= 0.3 is 19.2 Å². The molecule has 2 aromatic carbocycles. The Kier molecular flexibility index (Phi) is 5.93. The number of fused-ring (bicyclic) bond motifs is 3. The Bertz CT molecular complexity index is 1230. The Morgan fingerprint density at radius 2 is 1.74 bits per heavy atom. The summed E-state index contributed by atoms with van der Waals surface area (Å²) in [5.41, 5.74) is 1.83. The van der Waals surface area contributed by atoms with Crippen LogP contribution in [0.5, 0.6) is 0 Å². The highest BCUT2D eigenvalue weighted by Gasteiger charge is 2.81. The summed E-state index contributed by atoms with van der Waals surface area (Å²) in [5.74, 6) is 1.62. The molecule has 3 aliphatic carbocycles. The van der Waals surface area contributed by atoms with E-state index in [1.807, 2.05) is 54.6 Å². The number of benzene rings is 2. The number of esters is 1. The van der Waals surface area contributed by atoms with Gasteiger partial charge in [0.2, 0.25) is 0 Å². The fourth-order valence-corrected chi connectivity index (χ4v) is 7.23. The molecule has 4 aliphatic rings. The van der Waals surface area contributed by atoms with E-state index in [-0.39, 0.29) is 18.3 Å². The molecule has 0 spiro atoms. The summed E-state index contributed by atoms with van der Waals surface area (Å²) in [5, 5.41) is 2.69. The lowest BCUT2D eigenvalue weighted by Crippen LogP contribution is -2.54. The van der Waals surface area contributed by atoms with Gasteiger partial charge in [-0.25, -0.2) is 9.59 Å². The molecule has 200 valence electrons. The molecule has 0 aromatic heterocycles. The monoisotopic (exact) mass is 517 g/mol. The minimum atomic E-state index is -1.02. The fourth-order valence-electron chi connectivity index (χ4n) is 7.23. The number of hydrogen-bond acceptors (Lipinski definition) is 6. The molecular weight excluding hydrogens is 481 g/mol. The minimum Gasteiger partial charge on any atom is -0.459 e. The number of carbonyl (C=O) groups excluding carboxylic acids is 2. The Labute approximate surface area is 224 Å². The summed E-state index contributed by atoms with van der Waals surface area (Å²) in [7, 11) is -0.443. The van der Waals surface area contributed by atoms with E-state index >= 15 is 0 Å². The van der Waals surface area contributed by atoms with Gasteiger partial charge in [-0.2, -0.15) is 0 Å². The van der Waals surface area contributed by atoms with Crippen LogP contribution in [0.3, 0.4) is 0 Å². The molecule has 1 N–H and O–H groups in total. The van der Waals surface area contributed by atoms with E-state index in [2.05, 4.69) is 19.2 Å². The second-order valence-electron chi connectivity index (χ2n) is 12.7. The number of amides is 1. The topological polar surface area (TPSA) is 83.1 Å². The molecule has 8 heteroatoms. The number of ether oxygens (including phenoxy) is 2. The summed E-state index contributed by atoms with van der Waals surface area (Å²) >= 11 is 0. The van der Waals surface area contributed by atoms with Crippen molar-refractivity contribution in [2.45, 2.75) is 77.4 Å². The van der Waals surface area contributed by atoms with E-state index < -0.39 is 30.8 Å². The molecule has 1 heterocycles. The van der Waals surface area contributed by atoms with Crippen molar-refractivity contribution in [1.29, 1.82) is 0 Å². The van der Waals surface area contributed by atoms with Crippen molar-refractivity contribution < 1.29 is 28.4 Å². The zero-order valence-electron chi connectivity index (χ0n) is 22.7. The summed E-state index contributed by atoms with van der Waals surface area (Å²) in [6.45, 7) is 10.1. The van der Waals surface area contributed by atoms with Gasteiger partial charge in [-0.3, -0.25) is 0 Å². The lowest BCUT2D eigenvalue weighted by molar-refractivity contribution is -0.147. The molecule has 38 heavy (non-hydrogen) atoms.